The quantitative estimate of drug-likeness (QED) is 0.506. The van der Waals surface area contributed by atoms with Gasteiger partial charge < -0.3 is 15.2 Å². The fourth-order valence-corrected chi connectivity index (χ4v) is 4.29. The molecule has 0 aliphatic carbocycles. The standard InChI is InChI=1S/C21H18BrClN2O5S/c1-2-29-16-8-13(9-17-20(27)25(10-18(24)26)21(28)31-17)7-15(22)19(16)30-11-12-3-5-14(23)6-4-12/h3-9H,2,10-11H2,1H3,(H2,24,26)/b17-9-. The lowest BCUT2D eigenvalue weighted by atomic mass is 10.1. The van der Waals surface area contributed by atoms with Crippen LogP contribution in [0, 0.1) is 0 Å². The largest absolute Gasteiger partial charge is 0.490 e. The summed E-state index contributed by atoms with van der Waals surface area (Å²) in [6.07, 6.45) is 1.56. The number of benzene rings is 2. The zero-order valence-corrected chi connectivity index (χ0v) is 19.6. The summed E-state index contributed by atoms with van der Waals surface area (Å²) in [5.41, 5.74) is 6.67. The highest BCUT2D eigenvalue weighted by atomic mass is 79.9. The number of nitrogens with zero attached hydrogens (tertiary/aromatic N) is 1. The van der Waals surface area contributed by atoms with Gasteiger partial charge in [-0.1, -0.05) is 23.7 Å². The van der Waals surface area contributed by atoms with Crippen LogP contribution in [0.25, 0.3) is 6.08 Å². The fraction of sp³-hybridized carbons (Fsp3) is 0.190. The van der Waals surface area contributed by atoms with E-state index in [0.717, 1.165) is 22.2 Å². The Hall–Kier alpha value is -2.49. The summed E-state index contributed by atoms with van der Waals surface area (Å²) < 4.78 is 12.3. The van der Waals surface area contributed by atoms with Crippen molar-refractivity contribution in [2.75, 3.05) is 13.2 Å². The van der Waals surface area contributed by atoms with Crippen molar-refractivity contribution in [3.8, 4) is 11.5 Å². The van der Waals surface area contributed by atoms with Gasteiger partial charge >= 0.3 is 0 Å². The number of nitrogens with two attached hydrogens (primary N) is 1. The zero-order valence-electron chi connectivity index (χ0n) is 16.4. The number of hydrogen-bond donors (Lipinski definition) is 1. The number of carbonyl (C=O) groups excluding carboxylic acids is 3. The van der Waals surface area contributed by atoms with Crippen molar-refractivity contribution in [3.63, 3.8) is 0 Å². The molecule has 0 spiro atoms. The molecule has 1 fully saturated rings. The van der Waals surface area contributed by atoms with Crippen LogP contribution in [0.1, 0.15) is 18.1 Å². The van der Waals surface area contributed by atoms with Crippen LogP contribution in [-0.2, 0) is 16.2 Å². The third kappa shape index (κ3) is 5.81. The van der Waals surface area contributed by atoms with E-state index in [1.54, 1.807) is 30.3 Å². The summed E-state index contributed by atoms with van der Waals surface area (Å²) >= 11 is 10.2. The summed E-state index contributed by atoms with van der Waals surface area (Å²) in [5.74, 6) is -0.331. The second kappa shape index (κ2) is 10.2. The lowest BCUT2D eigenvalue weighted by molar-refractivity contribution is -0.127. The summed E-state index contributed by atoms with van der Waals surface area (Å²) in [5, 5.41) is 0.103. The van der Waals surface area contributed by atoms with E-state index in [9.17, 15) is 14.4 Å². The minimum Gasteiger partial charge on any atom is -0.490 e. The van der Waals surface area contributed by atoms with Crippen LogP contribution < -0.4 is 15.2 Å². The second-order valence-electron chi connectivity index (χ2n) is 6.41. The van der Waals surface area contributed by atoms with Crippen molar-refractivity contribution < 1.29 is 23.9 Å². The molecule has 0 radical (unpaired) electrons. The summed E-state index contributed by atoms with van der Waals surface area (Å²) in [4.78, 5) is 36.5. The van der Waals surface area contributed by atoms with Gasteiger partial charge in [0, 0.05) is 5.02 Å². The molecule has 1 aliphatic rings. The highest BCUT2D eigenvalue weighted by Gasteiger charge is 2.35. The van der Waals surface area contributed by atoms with Gasteiger partial charge in [-0.15, -0.1) is 0 Å². The van der Waals surface area contributed by atoms with Crippen molar-refractivity contribution in [1.82, 2.24) is 4.90 Å². The first-order valence-electron chi connectivity index (χ1n) is 9.15. The molecular formula is C21H18BrClN2O5S. The molecule has 2 aromatic carbocycles. The molecule has 1 saturated heterocycles. The van der Waals surface area contributed by atoms with Crippen LogP contribution >= 0.6 is 39.3 Å². The average molecular weight is 526 g/mol. The molecule has 1 heterocycles. The van der Waals surface area contributed by atoms with Gasteiger partial charge in [0.05, 0.1) is 16.0 Å². The van der Waals surface area contributed by atoms with Crippen LogP contribution in [0.5, 0.6) is 11.5 Å². The van der Waals surface area contributed by atoms with Gasteiger partial charge in [0.15, 0.2) is 11.5 Å². The lowest BCUT2D eigenvalue weighted by Crippen LogP contribution is -2.36. The minimum absolute atomic E-state index is 0.190. The summed E-state index contributed by atoms with van der Waals surface area (Å²) in [6.45, 7) is 2.11. The predicted molar refractivity (Wildman–Crippen MR) is 123 cm³/mol. The lowest BCUT2D eigenvalue weighted by Gasteiger charge is -2.15. The molecule has 2 N–H and O–H groups in total. The van der Waals surface area contributed by atoms with Crippen molar-refractivity contribution in [2.45, 2.75) is 13.5 Å². The van der Waals surface area contributed by atoms with Gasteiger partial charge in [0.1, 0.15) is 13.2 Å². The molecule has 0 atom stereocenters. The van der Waals surface area contributed by atoms with Gasteiger partial charge in [0.2, 0.25) is 5.91 Å². The van der Waals surface area contributed by atoms with Gasteiger partial charge in [-0.2, -0.15) is 0 Å². The molecule has 0 bridgehead atoms. The Balaban J connectivity index is 1.85. The maximum absolute atomic E-state index is 12.4. The molecule has 2 aromatic rings. The summed E-state index contributed by atoms with van der Waals surface area (Å²) in [7, 11) is 0. The minimum atomic E-state index is -0.757. The smallest absolute Gasteiger partial charge is 0.294 e. The SMILES string of the molecule is CCOc1cc(/C=C2\SC(=O)N(CC(N)=O)C2=O)cc(Br)c1OCc1ccc(Cl)cc1. The Morgan fingerprint density at radius 1 is 1.23 bits per heavy atom. The van der Waals surface area contributed by atoms with Crippen LogP contribution in [0.4, 0.5) is 4.79 Å². The van der Waals surface area contributed by atoms with Crippen LogP contribution in [-0.4, -0.2) is 35.1 Å². The maximum Gasteiger partial charge on any atom is 0.294 e. The molecule has 1 aliphatic heterocycles. The zero-order chi connectivity index (χ0) is 22.5. The third-order valence-electron chi connectivity index (χ3n) is 4.11. The highest BCUT2D eigenvalue weighted by molar-refractivity contribution is 9.10. The Kier molecular flexibility index (Phi) is 7.64. The fourth-order valence-electron chi connectivity index (χ4n) is 2.75. The molecule has 162 valence electrons. The van der Waals surface area contributed by atoms with Gasteiger partial charge in [-0.3, -0.25) is 19.3 Å². The number of amides is 3. The first kappa shape index (κ1) is 23.2. The van der Waals surface area contributed by atoms with Crippen LogP contribution in [0.15, 0.2) is 45.8 Å². The average Bonchev–Trinajstić information content (AvgIpc) is 2.96. The van der Waals surface area contributed by atoms with Gasteiger partial charge in [-0.25, -0.2) is 0 Å². The number of hydrogen-bond acceptors (Lipinski definition) is 6. The second-order valence-corrected chi connectivity index (χ2v) is 8.70. The van der Waals surface area contributed by atoms with E-state index < -0.39 is 23.6 Å². The van der Waals surface area contributed by atoms with Crippen molar-refractivity contribution in [2.24, 2.45) is 5.73 Å². The molecule has 31 heavy (non-hydrogen) atoms. The molecule has 3 rings (SSSR count). The number of primary amides is 1. The van der Waals surface area contributed by atoms with E-state index in [1.807, 2.05) is 19.1 Å². The van der Waals surface area contributed by atoms with Gasteiger partial charge in [-0.05, 0) is 76.1 Å². The third-order valence-corrected chi connectivity index (χ3v) is 5.86. The Bertz CT molecular complexity index is 1060. The topological polar surface area (TPSA) is 98.9 Å². The van der Waals surface area contributed by atoms with E-state index in [4.69, 9.17) is 26.8 Å². The predicted octanol–water partition coefficient (Wildman–Crippen LogP) is 4.60. The Morgan fingerprint density at radius 3 is 2.58 bits per heavy atom. The van der Waals surface area contributed by atoms with E-state index in [2.05, 4.69) is 15.9 Å². The number of imide groups is 1. The molecule has 7 nitrogen and oxygen atoms in total. The number of thioether (sulfide) groups is 1. The first-order chi connectivity index (χ1) is 14.8. The van der Waals surface area contributed by atoms with Crippen molar-refractivity contribution in [1.29, 1.82) is 0 Å². The summed E-state index contributed by atoms with van der Waals surface area (Å²) in [6, 6.07) is 10.8. The number of carbonyl (C=O) groups is 3. The maximum atomic E-state index is 12.4. The van der Waals surface area contributed by atoms with Crippen molar-refractivity contribution >= 4 is 62.4 Å². The normalized spacial score (nSPS) is 14.9. The highest BCUT2D eigenvalue weighted by Crippen LogP contribution is 2.39. The molecule has 0 unspecified atom stereocenters. The number of rotatable bonds is 8. The monoisotopic (exact) mass is 524 g/mol. The Morgan fingerprint density at radius 2 is 1.94 bits per heavy atom. The Labute approximate surface area is 196 Å². The van der Waals surface area contributed by atoms with Crippen LogP contribution in [0.2, 0.25) is 5.02 Å². The number of halogens is 2. The van der Waals surface area contributed by atoms with Crippen LogP contribution in [0.3, 0.4) is 0 Å². The molecule has 10 heteroatoms. The van der Waals surface area contributed by atoms with Gasteiger partial charge in [0.25, 0.3) is 11.1 Å². The molecule has 0 saturated carbocycles. The molecule has 0 aromatic heterocycles. The van der Waals surface area contributed by atoms with E-state index in [0.29, 0.717) is 39.8 Å². The van der Waals surface area contributed by atoms with E-state index in [-0.39, 0.29) is 4.91 Å². The number of ether oxygens (including phenoxy) is 2. The van der Waals surface area contributed by atoms with E-state index >= 15 is 0 Å². The van der Waals surface area contributed by atoms with Crippen molar-refractivity contribution in [3.05, 3.63) is 61.9 Å². The molecule has 3 amide bonds. The van der Waals surface area contributed by atoms with E-state index in [1.165, 1.54) is 0 Å². The first-order valence-corrected chi connectivity index (χ1v) is 11.1. The molecular weight excluding hydrogens is 508 g/mol.